The van der Waals surface area contributed by atoms with Gasteiger partial charge in [0.25, 0.3) is 11.8 Å². The van der Waals surface area contributed by atoms with E-state index in [0.717, 1.165) is 49.5 Å². The third-order valence-electron chi connectivity index (χ3n) is 11.6. The van der Waals surface area contributed by atoms with Crippen LogP contribution in [-0.4, -0.2) is 103 Å². The number of hydrogen-bond acceptors (Lipinski definition) is 9. The number of likely N-dealkylation sites (N-methyl/N-ethyl adjacent to an activating group) is 1. The standard InChI is InChI=1S/C36H40ClF3N8O5/c1-4-46(33(52)29-30(50)18(2)43-44-29)25-9-6-21(25)22-7-10-26-28(22)32(51)48-34(42-31(45(48)3)19-11-14-53-35(16-19)12-13-35)47(26)17-27(49)41-24-8-5-20(15-23(24)37)36(38,39)40/h5,8,15-16,21-22,25,31,50H,4,6-7,9-14,17H2,1-3H3,(H,41,49)(H,43,44). The van der Waals surface area contributed by atoms with Crippen molar-refractivity contribution in [3.63, 3.8) is 0 Å². The topological polar surface area (TPSA) is 147 Å². The van der Waals surface area contributed by atoms with Crippen LogP contribution in [0.2, 0.25) is 5.02 Å². The Kier molecular flexibility index (Phi) is 8.65. The number of guanidine groups is 1. The number of fused-ring (bicyclic) bond motifs is 1. The molecule has 17 heteroatoms. The van der Waals surface area contributed by atoms with Gasteiger partial charge in [-0.25, -0.2) is 10.0 Å². The minimum absolute atomic E-state index is 0.0266. The first-order chi connectivity index (χ1) is 25.2. The number of alkyl halides is 3. The number of aromatic amines is 1. The molecule has 2 aromatic rings. The lowest BCUT2D eigenvalue weighted by atomic mass is 9.68. The zero-order valence-corrected chi connectivity index (χ0v) is 30.2. The zero-order valence-electron chi connectivity index (χ0n) is 29.5. The van der Waals surface area contributed by atoms with Gasteiger partial charge in [-0.3, -0.25) is 19.5 Å². The number of nitrogens with zero attached hydrogens (tertiary/aromatic N) is 6. The van der Waals surface area contributed by atoms with Gasteiger partial charge in [0.05, 0.1) is 28.5 Å². The van der Waals surface area contributed by atoms with E-state index in [1.165, 1.54) is 5.01 Å². The van der Waals surface area contributed by atoms with E-state index in [9.17, 15) is 32.7 Å². The fourth-order valence-electron chi connectivity index (χ4n) is 8.59. The Morgan fingerprint density at radius 3 is 2.60 bits per heavy atom. The maximum Gasteiger partial charge on any atom is 0.416 e. The molecule has 8 rings (SSSR count). The summed E-state index contributed by atoms with van der Waals surface area (Å²) < 4.78 is 45.9. The SMILES string of the molecule is CCN(C(=O)c1[nH]nc(C)c1O)C1CCC1C1CCC2=C1C(=O)N1C(=NC(C3=CC4(CC4)OCC3)N1C)N2CC(=O)Nc1ccc(C(F)(F)F)cc1Cl. The van der Waals surface area contributed by atoms with E-state index in [-0.39, 0.29) is 64.0 Å². The molecule has 4 unspecified atom stereocenters. The Balaban J connectivity index is 1.11. The van der Waals surface area contributed by atoms with Crippen LogP contribution in [-0.2, 0) is 20.5 Å². The van der Waals surface area contributed by atoms with Crippen molar-refractivity contribution in [1.29, 1.82) is 0 Å². The summed E-state index contributed by atoms with van der Waals surface area (Å²) in [6.07, 6.45) is 2.08. The lowest BCUT2D eigenvalue weighted by molar-refractivity contribution is -0.138. The Labute approximate surface area is 308 Å². The summed E-state index contributed by atoms with van der Waals surface area (Å²) in [6, 6.07) is 2.55. The Morgan fingerprint density at radius 2 is 1.98 bits per heavy atom. The van der Waals surface area contributed by atoms with E-state index in [1.54, 1.807) is 28.8 Å². The molecular formula is C36H40ClF3N8O5. The van der Waals surface area contributed by atoms with Crippen LogP contribution in [0, 0.1) is 18.8 Å². The highest BCUT2D eigenvalue weighted by molar-refractivity contribution is 6.33. The largest absolute Gasteiger partial charge is 0.504 e. The van der Waals surface area contributed by atoms with Crippen molar-refractivity contribution < 1.29 is 37.4 Å². The molecule has 1 spiro atoms. The van der Waals surface area contributed by atoms with Crippen LogP contribution >= 0.6 is 11.6 Å². The van der Waals surface area contributed by atoms with Crippen molar-refractivity contribution in [2.75, 3.05) is 32.1 Å². The monoisotopic (exact) mass is 756 g/mol. The Bertz CT molecular complexity index is 1990. The number of hydrogen-bond donors (Lipinski definition) is 3. The van der Waals surface area contributed by atoms with Crippen LogP contribution in [0.25, 0.3) is 0 Å². The fraction of sp³-hybridized carbons (Fsp3) is 0.528. The number of rotatable bonds is 8. The summed E-state index contributed by atoms with van der Waals surface area (Å²) in [5, 5.41) is 22.9. The molecule has 4 heterocycles. The average Bonchev–Trinajstić information content (AvgIpc) is 3.38. The van der Waals surface area contributed by atoms with Crippen molar-refractivity contribution in [2.45, 2.75) is 82.8 Å². The number of ether oxygens (including phenoxy) is 1. The van der Waals surface area contributed by atoms with Crippen molar-refractivity contribution in [2.24, 2.45) is 16.8 Å². The fourth-order valence-corrected chi connectivity index (χ4v) is 8.82. The van der Waals surface area contributed by atoms with Crippen molar-refractivity contribution in [1.82, 2.24) is 30.0 Å². The first kappa shape index (κ1) is 35.6. The number of amides is 3. The molecule has 4 atom stereocenters. The maximum absolute atomic E-state index is 14.7. The smallest absolute Gasteiger partial charge is 0.416 e. The molecule has 282 valence electrons. The lowest BCUT2D eigenvalue weighted by Gasteiger charge is -2.48. The van der Waals surface area contributed by atoms with E-state index in [0.29, 0.717) is 55.3 Å². The minimum atomic E-state index is -4.60. The van der Waals surface area contributed by atoms with Crippen LogP contribution in [0.1, 0.15) is 73.6 Å². The number of aromatic nitrogens is 2. The quantitative estimate of drug-likeness (QED) is 0.312. The summed E-state index contributed by atoms with van der Waals surface area (Å²) in [4.78, 5) is 50.6. The first-order valence-corrected chi connectivity index (χ1v) is 18.3. The number of carbonyl (C=O) groups excluding carboxylic acids is 3. The molecular weight excluding hydrogens is 717 g/mol. The van der Waals surface area contributed by atoms with Gasteiger partial charge in [0.15, 0.2) is 11.4 Å². The second kappa shape index (κ2) is 12.9. The molecule has 3 aliphatic carbocycles. The van der Waals surface area contributed by atoms with Gasteiger partial charge in [0, 0.05) is 30.9 Å². The second-order valence-electron chi connectivity index (χ2n) is 14.6. The third kappa shape index (κ3) is 5.98. The van der Waals surface area contributed by atoms with Gasteiger partial charge in [0.2, 0.25) is 11.9 Å². The summed E-state index contributed by atoms with van der Waals surface area (Å²) in [5.41, 5.74) is 1.41. The van der Waals surface area contributed by atoms with Crippen molar-refractivity contribution in [3.8, 4) is 5.75 Å². The second-order valence-corrected chi connectivity index (χ2v) is 15.0. The van der Waals surface area contributed by atoms with E-state index in [4.69, 9.17) is 21.3 Å². The van der Waals surface area contributed by atoms with Gasteiger partial charge in [-0.05, 0) is 94.4 Å². The third-order valence-corrected chi connectivity index (χ3v) is 11.9. The number of anilines is 1. The summed E-state index contributed by atoms with van der Waals surface area (Å²) in [7, 11) is 1.80. The van der Waals surface area contributed by atoms with Crippen LogP contribution in [0.4, 0.5) is 18.9 Å². The number of aliphatic imine (C=N–C) groups is 1. The highest BCUT2D eigenvalue weighted by Gasteiger charge is 2.55. The Hall–Kier alpha value is -4.41. The molecule has 0 radical (unpaired) electrons. The molecule has 1 aromatic carbocycles. The molecule has 6 aliphatic rings. The van der Waals surface area contributed by atoms with E-state index in [1.807, 2.05) is 6.92 Å². The van der Waals surface area contributed by atoms with Crippen LogP contribution in [0.5, 0.6) is 5.75 Å². The van der Waals surface area contributed by atoms with Crippen LogP contribution in [0.15, 0.2) is 46.1 Å². The van der Waals surface area contributed by atoms with Crippen LogP contribution < -0.4 is 5.32 Å². The summed E-state index contributed by atoms with van der Waals surface area (Å²) in [5.74, 6) is -1.31. The number of halogens is 4. The number of carbonyl (C=O) groups is 3. The summed E-state index contributed by atoms with van der Waals surface area (Å²) in [6.45, 7) is 4.13. The number of benzene rings is 1. The molecule has 2 saturated carbocycles. The number of allylic oxidation sites excluding steroid dienone is 1. The molecule has 0 saturated heterocycles. The number of hydrazine groups is 1. The summed E-state index contributed by atoms with van der Waals surface area (Å²) >= 11 is 6.19. The number of H-pyrrole nitrogens is 1. The predicted molar refractivity (Wildman–Crippen MR) is 186 cm³/mol. The van der Waals surface area contributed by atoms with Gasteiger partial charge in [-0.2, -0.15) is 23.3 Å². The average molecular weight is 757 g/mol. The number of nitrogens with one attached hydrogen (secondary N) is 2. The van der Waals surface area contributed by atoms with Crippen LogP contribution in [0.3, 0.4) is 0 Å². The molecule has 3 aliphatic heterocycles. The van der Waals surface area contributed by atoms with Gasteiger partial charge in [-0.1, -0.05) is 17.7 Å². The zero-order chi connectivity index (χ0) is 37.6. The highest BCUT2D eigenvalue weighted by atomic mass is 35.5. The maximum atomic E-state index is 14.7. The van der Waals surface area contributed by atoms with E-state index < -0.39 is 23.8 Å². The molecule has 3 N–H and O–H groups in total. The Morgan fingerprint density at radius 1 is 1.21 bits per heavy atom. The van der Waals surface area contributed by atoms with E-state index in [2.05, 4.69) is 21.6 Å². The lowest BCUT2D eigenvalue weighted by Crippen LogP contribution is -2.58. The normalized spacial score (nSPS) is 26.3. The number of aromatic hydroxyl groups is 1. The van der Waals surface area contributed by atoms with Crippen molar-refractivity contribution >= 4 is 41.0 Å². The highest BCUT2D eigenvalue weighted by Crippen LogP contribution is 2.51. The minimum Gasteiger partial charge on any atom is -0.504 e. The molecule has 3 amide bonds. The number of aryl methyl sites for hydroxylation is 1. The molecule has 1 aromatic heterocycles. The molecule has 2 fully saturated rings. The molecule has 53 heavy (non-hydrogen) atoms. The molecule has 0 bridgehead atoms. The van der Waals surface area contributed by atoms with Crippen molar-refractivity contribution in [3.05, 3.63) is 63.1 Å². The van der Waals surface area contributed by atoms with Gasteiger partial charge < -0.3 is 25.0 Å². The first-order valence-electron chi connectivity index (χ1n) is 17.9. The van der Waals surface area contributed by atoms with Gasteiger partial charge in [0.1, 0.15) is 18.4 Å². The molecule has 13 nitrogen and oxygen atoms in total. The van der Waals surface area contributed by atoms with E-state index >= 15 is 0 Å². The van der Waals surface area contributed by atoms with Gasteiger partial charge >= 0.3 is 6.18 Å². The van der Waals surface area contributed by atoms with Gasteiger partial charge in [-0.15, -0.1) is 0 Å². The predicted octanol–water partition coefficient (Wildman–Crippen LogP) is 5.21.